The molecule has 0 saturated carbocycles. The minimum Gasteiger partial charge on any atom is -0.495 e. The third kappa shape index (κ3) is 3.90. The number of ether oxygens (including phenoxy) is 2. The monoisotopic (exact) mass is 393 g/mol. The zero-order valence-electron chi connectivity index (χ0n) is 15.7. The summed E-state index contributed by atoms with van der Waals surface area (Å²) >= 11 is 0. The van der Waals surface area contributed by atoms with Crippen molar-refractivity contribution < 1.29 is 23.0 Å². The average Bonchev–Trinajstić information content (AvgIpc) is 3.05. The van der Waals surface area contributed by atoms with Crippen LogP contribution in [-0.2, 0) is 11.3 Å². The summed E-state index contributed by atoms with van der Waals surface area (Å²) in [5, 5.41) is 5.15. The van der Waals surface area contributed by atoms with Crippen molar-refractivity contribution in [2.45, 2.75) is 25.9 Å². The zero-order chi connectivity index (χ0) is 20.3. The first-order valence-corrected chi connectivity index (χ1v) is 8.56. The number of aliphatic imine (C=N–C) groups is 1. The Labute approximate surface area is 160 Å². The number of hydrogen-bond donors (Lipinski definition) is 2. The fourth-order valence-electron chi connectivity index (χ4n) is 2.99. The molecule has 0 aromatic carbocycles. The van der Waals surface area contributed by atoms with Gasteiger partial charge in [0, 0.05) is 24.4 Å². The second-order valence-corrected chi connectivity index (χ2v) is 6.19. The predicted octanol–water partition coefficient (Wildman–Crippen LogP) is 1.92. The fraction of sp³-hybridized carbons (Fsp3) is 0.389. The summed E-state index contributed by atoms with van der Waals surface area (Å²) in [6.07, 6.45) is 2.00. The van der Waals surface area contributed by atoms with Gasteiger partial charge in [-0.3, -0.25) is 9.79 Å². The van der Waals surface area contributed by atoms with Crippen molar-refractivity contribution in [1.29, 1.82) is 0 Å². The third-order valence-electron chi connectivity index (χ3n) is 4.47. The minimum absolute atomic E-state index is 0.213. The number of fused-ring (bicyclic) bond motifs is 1. The molecule has 8 nitrogen and oxygen atoms in total. The molecule has 1 unspecified atom stereocenters. The van der Waals surface area contributed by atoms with E-state index in [1.54, 1.807) is 25.7 Å². The minimum atomic E-state index is -2.63. The second kappa shape index (κ2) is 8.24. The van der Waals surface area contributed by atoms with Gasteiger partial charge in [0.05, 0.1) is 50.4 Å². The number of hydrogen-bond acceptors (Lipinski definition) is 6. The molecule has 3 heterocycles. The number of nitrogens with one attached hydrogen (secondary N) is 2. The number of alkyl halides is 2. The fourth-order valence-corrected chi connectivity index (χ4v) is 2.99. The largest absolute Gasteiger partial charge is 0.495 e. The van der Waals surface area contributed by atoms with E-state index in [9.17, 15) is 13.6 Å². The van der Waals surface area contributed by atoms with Crippen molar-refractivity contribution in [2.75, 3.05) is 20.8 Å². The molecule has 150 valence electrons. The molecule has 0 fully saturated rings. The Hall–Kier alpha value is -3.17. The molecule has 0 saturated heterocycles. The van der Waals surface area contributed by atoms with Crippen LogP contribution in [0.4, 0.5) is 8.78 Å². The maximum atomic E-state index is 12.5. The second-order valence-electron chi connectivity index (χ2n) is 6.19. The van der Waals surface area contributed by atoms with E-state index in [1.165, 1.54) is 13.3 Å². The van der Waals surface area contributed by atoms with Gasteiger partial charge in [-0.05, 0) is 6.92 Å². The number of rotatable bonds is 7. The van der Waals surface area contributed by atoms with Crippen LogP contribution >= 0.6 is 0 Å². The van der Waals surface area contributed by atoms with Crippen LogP contribution in [0.2, 0.25) is 0 Å². The summed E-state index contributed by atoms with van der Waals surface area (Å²) in [4.78, 5) is 21.1. The van der Waals surface area contributed by atoms with E-state index < -0.39 is 18.9 Å². The van der Waals surface area contributed by atoms with Crippen LogP contribution in [0.5, 0.6) is 5.75 Å². The summed E-state index contributed by atoms with van der Waals surface area (Å²) in [6.45, 7) is 1.58. The van der Waals surface area contributed by atoms with Crippen LogP contribution in [0, 0.1) is 0 Å². The predicted molar refractivity (Wildman–Crippen MR) is 99.7 cm³/mol. The standard InChI is InChI=1S/C18H21F2N5O3/c1-10-13(23-9-24-18(10)28-3)8-25-7-12(17(26)22-6-15(19)20)16-14(25)4-11(27-2)5-21-16/h4-5,7,9,13,15H,6,8H2,1-3H3,(H,22,26)(H,23,24). The van der Waals surface area contributed by atoms with Crippen LogP contribution in [0.3, 0.4) is 0 Å². The number of amides is 1. The molecule has 10 heteroatoms. The van der Waals surface area contributed by atoms with Crippen molar-refractivity contribution in [2.24, 2.45) is 4.99 Å². The summed E-state index contributed by atoms with van der Waals surface area (Å²) < 4.78 is 37.3. The van der Waals surface area contributed by atoms with E-state index in [0.29, 0.717) is 29.2 Å². The van der Waals surface area contributed by atoms with Crippen molar-refractivity contribution >= 4 is 23.3 Å². The van der Waals surface area contributed by atoms with Gasteiger partial charge in [-0.25, -0.2) is 13.8 Å². The number of nitrogens with zero attached hydrogens (tertiary/aromatic N) is 3. The topological polar surface area (TPSA) is 89.8 Å². The van der Waals surface area contributed by atoms with Gasteiger partial charge in [0.25, 0.3) is 12.3 Å². The van der Waals surface area contributed by atoms with Gasteiger partial charge in [0.1, 0.15) is 11.3 Å². The van der Waals surface area contributed by atoms with Gasteiger partial charge in [-0.1, -0.05) is 0 Å². The van der Waals surface area contributed by atoms with Gasteiger partial charge < -0.3 is 24.7 Å². The normalized spacial score (nSPS) is 16.4. The molecule has 1 aliphatic heterocycles. The molecular formula is C18H21F2N5O3. The average molecular weight is 393 g/mol. The molecule has 2 aromatic rings. The molecule has 0 radical (unpaired) electrons. The van der Waals surface area contributed by atoms with Crippen molar-refractivity contribution in [3.05, 3.63) is 35.5 Å². The first-order chi connectivity index (χ1) is 13.4. The first-order valence-electron chi connectivity index (χ1n) is 8.56. The van der Waals surface area contributed by atoms with E-state index in [1.807, 2.05) is 11.5 Å². The molecule has 0 bridgehead atoms. The van der Waals surface area contributed by atoms with E-state index >= 15 is 0 Å². The van der Waals surface area contributed by atoms with Crippen LogP contribution in [0.15, 0.2) is 34.9 Å². The summed E-state index contributed by atoms with van der Waals surface area (Å²) in [7, 11) is 3.08. The van der Waals surface area contributed by atoms with Crippen LogP contribution in [0.1, 0.15) is 17.3 Å². The molecule has 28 heavy (non-hydrogen) atoms. The Bertz CT molecular complexity index is 939. The van der Waals surface area contributed by atoms with E-state index in [2.05, 4.69) is 20.6 Å². The highest BCUT2D eigenvalue weighted by atomic mass is 19.3. The summed E-state index contributed by atoms with van der Waals surface area (Å²) in [5.41, 5.74) is 2.15. The maximum Gasteiger partial charge on any atom is 0.255 e. The summed E-state index contributed by atoms with van der Waals surface area (Å²) in [5.74, 6) is 0.521. The molecule has 2 aromatic heterocycles. The zero-order valence-corrected chi connectivity index (χ0v) is 15.7. The molecule has 1 amide bonds. The molecule has 1 atom stereocenters. The maximum absolute atomic E-state index is 12.5. The highest BCUT2D eigenvalue weighted by Crippen LogP contribution is 2.26. The molecule has 3 rings (SSSR count). The van der Waals surface area contributed by atoms with Crippen molar-refractivity contribution in [3.63, 3.8) is 0 Å². The van der Waals surface area contributed by atoms with Crippen LogP contribution in [0.25, 0.3) is 11.0 Å². The van der Waals surface area contributed by atoms with Crippen molar-refractivity contribution in [1.82, 2.24) is 20.2 Å². The van der Waals surface area contributed by atoms with Crippen LogP contribution < -0.4 is 15.4 Å². The van der Waals surface area contributed by atoms with Gasteiger partial charge in [-0.2, -0.15) is 0 Å². The lowest BCUT2D eigenvalue weighted by atomic mass is 10.1. The first kappa shape index (κ1) is 19.6. The van der Waals surface area contributed by atoms with E-state index in [0.717, 1.165) is 5.57 Å². The Morgan fingerprint density at radius 2 is 2.18 bits per heavy atom. The highest BCUT2D eigenvalue weighted by Gasteiger charge is 2.23. The van der Waals surface area contributed by atoms with E-state index in [-0.39, 0.29) is 11.6 Å². The van der Waals surface area contributed by atoms with Gasteiger partial charge in [0.2, 0.25) is 0 Å². The van der Waals surface area contributed by atoms with Gasteiger partial charge >= 0.3 is 0 Å². The highest BCUT2D eigenvalue weighted by molar-refractivity contribution is 6.05. The quantitative estimate of drug-likeness (QED) is 0.750. The number of carbonyl (C=O) groups is 1. The Morgan fingerprint density at radius 1 is 1.39 bits per heavy atom. The van der Waals surface area contributed by atoms with Crippen LogP contribution in [-0.4, -0.2) is 55.0 Å². The number of methoxy groups -OCH3 is 2. The SMILES string of the molecule is COC1=C(C)C(Cn2cc(C(=O)NCC(F)F)c3ncc(OC)cc32)N=CN1. The Morgan fingerprint density at radius 3 is 2.86 bits per heavy atom. The number of aromatic nitrogens is 2. The summed E-state index contributed by atoms with van der Waals surface area (Å²) in [6, 6.07) is 1.52. The number of carbonyl (C=O) groups excluding carboxylic acids is 1. The smallest absolute Gasteiger partial charge is 0.255 e. The van der Waals surface area contributed by atoms with Gasteiger partial charge in [0.15, 0.2) is 5.88 Å². The van der Waals surface area contributed by atoms with Crippen molar-refractivity contribution in [3.8, 4) is 5.75 Å². The lowest BCUT2D eigenvalue weighted by Crippen LogP contribution is -2.29. The third-order valence-corrected chi connectivity index (χ3v) is 4.47. The number of pyridine rings is 1. The number of halogens is 2. The lowest BCUT2D eigenvalue weighted by molar-refractivity contribution is 0.0893. The lowest BCUT2D eigenvalue weighted by Gasteiger charge is -2.22. The molecule has 1 aliphatic rings. The Balaban J connectivity index is 1.99. The molecule has 2 N–H and O–H groups in total. The molecule has 0 spiro atoms. The van der Waals surface area contributed by atoms with Gasteiger partial charge in [-0.15, -0.1) is 0 Å². The molecule has 0 aliphatic carbocycles. The van der Waals surface area contributed by atoms with E-state index in [4.69, 9.17) is 9.47 Å². The molecular weight excluding hydrogens is 372 g/mol. The Kier molecular flexibility index (Phi) is 5.76.